The Labute approximate surface area is 88.4 Å². The van der Waals surface area contributed by atoms with Crippen LogP contribution in [0.2, 0.25) is 0 Å². The van der Waals surface area contributed by atoms with Gasteiger partial charge in [-0.25, -0.2) is 4.79 Å². The minimum Gasteiger partial charge on any atom is -0.460 e. The topological polar surface area (TPSA) is 63.7 Å². The fraction of sp³-hybridized carbons (Fsp3) is 0.700. The number of rotatable bonds is 3. The van der Waals surface area contributed by atoms with Gasteiger partial charge in [-0.3, -0.25) is 14.5 Å². The Bertz CT molecular complexity index is 287. The molecule has 5 nitrogen and oxygen atoms in total. The third kappa shape index (κ3) is 2.86. The Kier molecular flexibility index (Phi) is 3.96. The monoisotopic (exact) mass is 213 g/mol. The van der Waals surface area contributed by atoms with Crippen molar-refractivity contribution in [2.75, 3.05) is 26.7 Å². The summed E-state index contributed by atoms with van der Waals surface area (Å²) in [4.78, 5) is 35.9. The van der Waals surface area contributed by atoms with Crippen LogP contribution in [0.3, 0.4) is 0 Å². The van der Waals surface area contributed by atoms with Gasteiger partial charge in [-0.15, -0.1) is 0 Å². The summed E-state index contributed by atoms with van der Waals surface area (Å²) in [7, 11) is 1.81. The van der Waals surface area contributed by atoms with Gasteiger partial charge in [-0.1, -0.05) is 0 Å². The van der Waals surface area contributed by atoms with Crippen LogP contribution in [0.4, 0.5) is 0 Å². The van der Waals surface area contributed by atoms with E-state index < -0.39 is 17.7 Å². The number of nitrogens with zero attached hydrogens (tertiary/aromatic N) is 1. The molecular formula is C10H15NO4. The highest BCUT2D eigenvalue weighted by Crippen LogP contribution is 2.14. The maximum atomic E-state index is 11.5. The molecule has 0 amide bonds. The molecule has 1 unspecified atom stereocenters. The van der Waals surface area contributed by atoms with E-state index in [9.17, 15) is 14.4 Å². The predicted octanol–water partition coefficient (Wildman–Crippen LogP) is -0.361. The molecule has 0 saturated carbocycles. The molecule has 1 atom stereocenters. The average Bonchev–Trinajstić information content (AvgIpc) is 2.17. The van der Waals surface area contributed by atoms with Gasteiger partial charge in [0.15, 0.2) is 5.78 Å². The van der Waals surface area contributed by atoms with E-state index in [2.05, 4.69) is 4.74 Å². The first kappa shape index (κ1) is 11.8. The number of Topliss-reactive ketones (excluding diaryl/α,β-unsaturated/α-hetero) is 2. The maximum absolute atomic E-state index is 11.5. The maximum Gasteiger partial charge on any atom is 0.375 e. The first-order valence-corrected chi connectivity index (χ1v) is 4.98. The molecular weight excluding hydrogens is 198 g/mol. The third-order valence-corrected chi connectivity index (χ3v) is 2.41. The lowest BCUT2D eigenvalue weighted by atomic mass is 9.91. The largest absolute Gasteiger partial charge is 0.460 e. The number of likely N-dealkylation sites (tertiary alicyclic amines) is 1. The van der Waals surface area contributed by atoms with Crippen LogP contribution >= 0.6 is 0 Å². The standard InChI is InChI=1S/C10H15NO4/c1-3-15-10(14)9(13)7-4-5-11(2)6-8(7)12/h7H,3-6H2,1-2H3. The molecule has 1 aliphatic rings. The summed E-state index contributed by atoms with van der Waals surface area (Å²) in [6.07, 6.45) is 0.410. The second-order valence-electron chi connectivity index (χ2n) is 3.63. The number of carbonyl (C=O) groups is 3. The van der Waals surface area contributed by atoms with Crippen molar-refractivity contribution in [1.82, 2.24) is 4.90 Å². The van der Waals surface area contributed by atoms with Crippen molar-refractivity contribution in [2.24, 2.45) is 5.92 Å². The Balaban J connectivity index is 2.60. The molecule has 0 radical (unpaired) electrons. The molecule has 0 aromatic carbocycles. The van der Waals surface area contributed by atoms with Crippen molar-refractivity contribution in [1.29, 1.82) is 0 Å². The number of likely N-dealkylation sites (N-methyl/N-ethyl adjacent to an activating group) is 1. The van der Waals surface area contributed by atoms with Gasteiger partial charge in [0.25, 0.3) is 5.78 Å². The summed E-state index contributed by atoms with van der Waals surface area (Å²) in [5.41, 5.74) is 0. The molecule has 0 aromatic heterocycles. The number of carbonyl (C=O) groups excluding carboxylic acids is 3. The molecule has 0 aromatic rings. The Morgan fingerprint density at radius 2 is 2.20 bits per heavy atom. The van der Waals surface area contributed by atoms with E-state index in [1.165, 1.54) is 0 Å². The van der Waals surface area contributed by atoms with Crippen molar-refractivity contribution in [2.45, 2.75) is 13.3 Å². The number of piperidine rings is 1. The van der Waals surface area contributed by atoms with Crippen molar-refractivity contribution < 1.29 is 19.1 Å². The van der Waals surface area contributed by atoms with E-state index >= 15 is 0 Å². The van der Waals surface area contributed by atoms with Gasteiger partial charge >= 0.3 is 5.97 Å². The minimum atomic E-state index is -0.889. The van der Waals surface area contributed by atoms with Crippen LogP contribution in [0.5, 0.6) is 0 Å². The van der Waals surface area contributed by atoms with Gasteiger partial charge < -0.3 is 4.74 Å². The number of ether oxygens (including phenoxy) is 1. The van der Waals surface area contributed by atoms with Gasteiger partial charge in [-0.2, -0.15) is 0 Å². The number of hydrogen-bond donors (Lipinski definition) is 0. The Morgan fingerprint density at radius 3 is 2.73 bits per heavy atom. The molecule has 0 spiro atoms. The molecule has 1 heterocycles. The Hall–Kier alpha value is -1.23. The van der Waals surface area contributed by atoms with Crippen LogP contribution in [0.1, 0.15) is 13.3 Å². The van der Waals surface area contributed by atoms with Crippen molar-refractivity contribution >= 4 is 17.5 Å². The van der Waals surface area contributed by atoms with Crippen LogP contribution in [0, 0.1) is 5.92 Å². The van der Waals surface area contributed by atoms with Gasteiger partial charge in [0.05, 0.1) is 19.1 Å². The lowest BCUT2D eigenvalue weighted by Gasteiger charge is -2.25. The van der Waals surface area contributed by atoms with Crippen LogP contribution in [0.25, 0.3) is 0 Å². The third-order valence-electron chi connectivity index (χ3n) is 2.41. The molecule has 1 rings (SSSR count). The lowest BCUT2D eigenvalue weighted by Crippen LogP contribution is -2.44. The van der Waals surface area contributed by atoms with Gasteiger partial charge in [-0.05, 0) is 26.9 Å². The van der Waals surface area contributed by atoms with Crippen LogP contribution in [-0.2, 0) is 19.1 Å². The average molecular weight is 213 g/mol. The van der Waals surface area contributed by atoms with E-state index in [4.69, 9.17) is 0 Å². The minimum absolute atomic E-state index is 0.158. The first-order chi connectivity index (χ1) is 7.06. The predicted molar refractivity (Wildman–Crippen MR) is 52.3 cm³/mol. The summed E-state index contributed by atoms with van der Waals surface area (Å²) in [6.45, 7) is 2.67. The van der Waals surface area contributed by atoms with Crippen LogP contribution in [0.15, 0.2) is 0 Å². The second-order valence-corrected chi connectivity index (χ2v) is 3.63. The molecule has 1 saturated heterocycles. The quantitative estimate of drug-likeness (QED) is 0.364. The van der Waals surface area contributed by atoms with E-state index in [1.807, 2.05) is 11.9 Å². The summed E-state index contributed by atoms with van der Waals surface area (Å²) >= 11 is 0. The molecule has 0 bridgehead atoms. The van der Waals surface area contributed by atoms with E-state index in [1.54, 1.807) is 6.92 Å². The summed E-state index contributed by atoms with van der Waals surface area (Å²) in [6, 6.07) is 0. The van der Waals surface area contributed by atoms with E-state index in [0.717, 1.165) is 0 Å². The molecule has 84 valence electrons. The molecule has 1 aliphatic heterocycles. The zero-order chi connectivity index (χ0) is 11.4. The molecule has 15 heavy (non-hydrogen) atoms. The smallest absolute Gasteiger partial charge is 0.375 e. The number of esters is 1. The second kappa shape index (κ2) is 5.02. The van der Waals surface area contributed by atoms with E-state index in [-0.39, 0.29) is 18.9 Å². The summed E-state index contributed by atoms with van der Waals surface area (Å²) in [5, 5.41) is 0. The summed E-state index contributed by atoms with van der Waals surface area (Å²) in [5.74, 6) is -2.57. The van der Waals surface area contributed by atoms with Gasteiger partial charge in [0, 0.05) is 0 Å². The van der Waals surface area contributed by atoms with Crippen LogP contribution < -0.4 is 0 Å². The zero-order valence-corrected chi connectivity index (χ0v) is 8.99. The first-order valence-electron chi connectivity index (χ1n) is 4.98. The molecule has 5 heteroatoms. The molecule has 0 N–H and O–H groups in total. The van der Waals surface area contributed by atoms with Gasteiger partial charge in [0.2, 0.25) is 0 Å². The Morgan fingerprint density at radius 1 is 1.53 bits per heavy atom. The number of ketones is 2. The number of hydrogen-bond acceptors (Lipinski definition) is 5. The van der Waals surface area contributed by atoms with Gasteiger partial charge in [0.1, 0.15) is 0 Å². The SMILES string of the molecule is CCOC(=O)C(=O)C1CCN(C)CC1=O. The van der Waals surface area contributed by atoms with Crippen molar-refractivity contribution in [3.8, 4) is 0 Å². The fourth-order valence-electron chi connectivity index (χ4n) is 1.59. The lowest BCUT2D eigenvalue weighted by molar-refractivity contribution is -0.157. The van der Waals surface area contributed by atoms with Crippen molar-refractivity contribution in [3.05, 3.63) is 0 Å². The zero-order valence-electron chi connectivity index (χ0n) is 8.99. The van der Waals surface area contributed by atoms with E-state index in [0.29, 0.717) is 13.0 Å². The summed E-state index contributed by atoms with van der Waals surface area (Å²) < 4.78 is 4.58. The van der Waals surface area contributed by atoms with Crippen molar-refractivity contribution in [3.63, 3.8) is 0 Å². The highest BCUT2D eigenvalue weighted by atomic mass is 16.5. The molecule has 1 fully saturated rings. The normalized spacial score (nSPS) is 22.5. The fourth-order valence-corrected chi connectivity index (χ4v) is 1.59. The van der Waals surface area contributed by atoms with Crippen LogP contribution in [-0.4, -0.2) is 49.2 Å². The molecule has 0 aliphatic carbocycles. The highest BCUT2D eigenvalue weighted by molar-refractivity contribution is 6.38. The highest BCUT2D eigenvalue weighted by Gasteiger charge is 2.35.